The van der Waals surface area contributed by atoms with E-state index < -0.39 is 6.17 Å². The van der Waals surface area contributed by atoms with Crippen LogP contribution in [0.3, 0.4) is 0 Å². The molecule has 2 aromatic rings. The van der Waals surface area contributed by atoms with Gasteiger partial charge in [-0.15, -0.1) is 11.7 Å². The summed E-state index contributed by atoms with van der Waals surface area (Å²) in [4.78, 5) is 17.9. The molecule has 1 atom stereocenters. The van der Waals surface area contributed by atoms with E-state index in [1.54, 1.807) is 11.1 Å². The number of benzene rings is 2. The summed E-state index contributed by atoms with van der Waals surface area (Å²) >= 11 is 5.02. The SMILES string of the molecule is C=CCSC1=NN2C(=c3ccccc3=N[C@H]2c2cc3c(cc2Br)OCO3)C(=O)N1. The van der Waals surface area contributed by atoms with Gasteiger partial charge in [-0.25, -0.2) is 5.01 Å². The van der Waals surface area contributed by atoms with Gasteiger partial charge >= 0.3 is 0 Å². The fourth-order valence-electron chi connectivity index (χ4n) is 3.36. The van der Waals surface area contributed by atoms with Gasteiger partial charge in [0.1, 0.15) is 5.70 Å². The van der Waals surface area contributed by atoms with E-state index in [-0.39, 0.29) is 12.7 Å². The highest BCUT2D eigenvalue weighted by atomic mass is 79.9. The molecule has 29 heavy (non-hydrogen) atoms. The van der Waals surface area contributed by atoms with Crippen LogP contribution in [0.4, 0.5) is 0 Å². The average Bonchev–Trinajstić information content (AvgIpc) is 3.18. The van der Waals surface area contributed by atoms with E-state index >= 15 is 0 Å². The highest BCUT2D eigenvalue weighted by molar-refractivity contribution is 9.10. The third-order valence-corrected chi connectivity index (χ3v) is 6.17. The van der Waals surface area contributed by atoms with Crippen molar-refractivity contribution in [1.82, 2.24) is 10.3 Å². The number of amides is 1. The van der Waals surface area contributed by atoms with E-state index in [1.807, 2.05) is 36.4 Å². The Morgan fingerprint density at radius 3 is 2.93 bits per heavy atom. The molecule has 2 aromatic carbocycles. The first kappa shape index (κ1) is 18.3. The predicted molar refractivity (Wildman–Crippen MR) is 114 cm³/mol. The van der Waals surface area contributed by atoms with E-state index in [9.17, 15) is 4.79 Å². The Kier molecular flexibility index (Phi) is 4.56. The number of hydrazone groups is 1. The third kappa shape index (κ3) is 3.10. The maximum atomic E-state index is 13.0. The molecule has 9 heteroatoms. The summed E-state index contributed by atoms with van der Waals surface area (Å²) in [6.45, 7) is 3.91. The van der Waals surface area contributed by atoms with E-state index in [1.165, 1.54) is 11.8 Å². The molecule has 0 saturated carbocycles. The first-order chi connectivity index (χ1) is 14.2. The topological polar surface area (TPSA) is 75.5 Å². The second-order valence-corrected chi connectivity index (χ2v) is 8.26. The summed E-state index contributed by atoms with van der Waals surface area (Å²) in [5.41, 5.74) is 1.29. The zero-order valence-electron chi connectivity index (χ0n) is 15.1. The van der Waals surface area contributed by atoms with Crippen LogP contribution in [0, 0.1) is 0 Å². The van der Waals surface area contributed by atoms with E-state index in [2.05, 4.69) is 27.8 Å². The van der Waals surface area contributed by atoms with Crippen molar-refractivity contribution in [3.8, 4) is 11.5 Å². The van der Waals surface area contributed by atoms with E-state index in [0.29, 0.717) is 28.1 Å². The monoisotopic (exact) mass is 470 g/mol. The Hall–Kier alpha value is -2.78. The minimum Gasteiger partial charge on any atom is -0.454 e. The molecule has 5 rings (SSSR count). The van der Waals surface area contributed by atoms with Gasteiger partial charge < -0.3 is 9.47 Å². The fraction of sp³-hybridized carbons (Fsp3) is 0.150. The van der Waals surface area contributed by atoms with Gasteiger partial charge in [-0.2, -0.15) is 0 Å². The Bertz CT molecular complexity index is 1200. The highest BCUT2D eigenvalue weighted by Crippen LogP contribution is 2.42. The van der Waals surface area contributed by atoms with Crippen molar-refractivity contribution in [2.24, 2.45) is 10.1 Å². The molecular formula is C20H15BrN4O3S. The molecule has 0 unspecified atom stereocenters. The van der Waals surface area contributed by atoms with Crippen LogP contribution < -0.4 is 25.4 Å². The second-order valence-electron chi connectivity index (χ2n) is 6.40. The van der Waals surface area contributed by atoms with Crippen molar-refractivity contribution in [3.63, 3.8) is 0 Å². The molecule has 146 valence electrons. The van der Waals surface area contributed by atoms with E-state index in [4.69, 9.17) is 19.6 Å². The largest absolute Gasteiger partial charge is 0.454 e. The van der Waals surface area contributed by atoms with Gasteiger partial charge in [0.2, 0.25) is 6.79 Å². The zero-order chi connectivity index (χ0) is 20.0. The van der Waals surface area contributed by atoms with Gasteiger partial charge in [0.05, 0.1) is 5.36 Å². The van der Waals surface area contributed by atoms with Crippen LogP contribution in [-0.4, -0.2) is 28.6 Å². The van der Waals surface area contributed by atoms with Crippen molar-refractivity contribution in [2.75, 3.05) is 12.5 Å². The van der Waals surface area contributed by atoms with Gasteiger partial charge in [-0.05, 0) is 18.2 Å². The van der Waals surface area contributed by atoms with Gasteiger partial charge in [0.25, 0.3) is 5.91 Å². The average molecular weight is 471 g/mol. The molecule has 0 radical (unpaired) electrons. The molecule has 0 aliphatic carbocycles. The molecule has 0 saturated heterocycles. The van der Waals surface area contributed by atoms with Crippen molar-refractivity contribution in [2.45, 2.75) is 6.17 Å². The van der Waals surface area contributed by atoms with Gasteiger partial charge in [0, 0.05) is 21.0 Å². The number of nitrogens with one attached hydrogen (secondary N) is 1. The first-order valence-corrected chi connectivity index (χ1v) is 10.6. The zero-order valence-corrected chi connectivity index (χ0v) is 17.5. The normalized spacial score (nSPS) is 19.0. The van der Waals surface area contributed by atoms with Crippen molar-refractivity contribution in [1.29, 1.82) is 0 Å². The number of carbonyl (C=O) groups excluding carboxylic acids is 1. The molecule has 0 bridgehead atoms. The van der Waals surface area contributed by atoms with Crippen molar-refractivity contribution in [3.05, 3.63) is 69.7 Å². The Balaban J connectivity index is 1.71. The molecule has 3 aliphatic heterocycles. The fourth-order valence-corrected chi connectivity index (χ4v) is 4.48. The number of rotatable bonds is 3. The van der Waals surface area contributed by atoms with Crippen LogP contribution in [0.15, 0.2) is 63.6 Å². The lowest BCUT2D eigenvalue weighted by atomic mass is 10.1. The lowest BCUT2D eigenvalue weighted by molar-refractivity contribution is -0.116. The van der Waals surface area contributed by atoms with Crippen molar-refractivity contribution >= 4 is 44.5 Å². The number of thioether (sulfide) groups is 1. The van der Waals surface area contributed by atoms with Crippen LogP contribution in [0.1, 0.15) is 11.7 Å². The lowest BCUT2D eigenvalue weighted by Crippen LogP contribution is -2.50. The van der Waals surface area contributed by atoms with Gasteiger partial charge in [-0.3, -0.25) is 15.1 Å². The third-order valence-electron chi connectivity index (χ3n) is 4.62. The number of nitrogens with zero attached hydrogens (tertiary/aromatic N) is 3. The molecule has 3 heterocycles. The maximum Gasteiger partial charge on any atom is 0.276 e. The molecule has 0 spiro atoms. The maximum absolute atomic E-state index is 13.0. The molecule has 0 aromatic heterocycles. The Morgan fingerprint density at radius 1 is 1.31 bits per heavy atom. The summed E-state index contributed by atoms with van der Waals surface area (Å²) < 4.78 is 11.8. The van der Waals surface area contributed by atoms with Crippen LogP contribution in [0.5, 0.6) is 11.5 Å². The first-order valence-electron chi connectivity index (χ1n) is 8.85. The molecule has 0 fully saturated rings. The van der Waals surface area contributed by atoms with Gasteiger partial charge in [0.15, 0.2) is 22.8 Å². The number of para-hydroxylation sites is 1. The summed E-state index contributed by atoms with van der Waals surface area (Å²) in [6.07, 6.45) is 1.23. The van der Waals surface area contributed by atoms with Gasteiger partial charge in [-0.1, -0.05) is 52.0 Å². The summed E-state index contributed by atoms with van der Waals surface area (Å²) in [5.74, 6) is 1.73. The number of hydrogen-bond acceptors (Lipinski definition) is 7. The molecule has 3 aliphatic rings. The van der Waals surface area contributed by atoms with Crippen LogP contribution in [0.2, 0.25) is 0 Å². The summed E-state index contributed by atoms with van der Waals surface area (Å²) in [7, 11) is 0. The Morgan fingerprint density at radius 2 is 2.10 bits per heavy atom. The smallest absolute Gasteiger partial charge is 0.276 e. The minimum absolute atomic E-state index is 0.180. The minimum atomic E-state index is -0.533. The number of carbonyl (C=O) groups is 1. The van der Waals surface area contributed by atoms with Crippen molar-refractivity contribution < 1.29 is 14.3 Å². The quantitative estimate of drug-likeness (QED) is 0.696. The highest BCUT2D eigenvalue weighted by Gasteiger charge is 2.36. The molecule has 7 nitrogen and oxygen atoms in total. The predicted octanol–water partition coefficient (Wildman–Crippen LogP) is 2.24. The number of fused-ring (bicyclic) bond motifs is 3. The number of amidine groups is 1. The molecule has 1 amide bonds. The van der Waals surface area contributed by atoms with E-state index in [0.717, 1.165) is 20.6 Å². The van der Waals surface area contributed by atoms with Crippen LogP contribution >= 0.6 is 27.7 Å². The van der Waals surface area contributed by atoms with Crippen LogP contribution in [0.25, 0.3) is 5.70 Å². The second kappa shape index (κ2) is 7.23. The summed E-state index contributed by atoms with van der Waals surface area (Å²) in [5, 5.41) is 11.2. The standard InChI is InChI=1S/C20H15BrN4O3S/c1-2-7-29-20-23-19(26)17-11-5-3-4-6-14(11)22-18(25(17)24-20)12-8-15-16(9-13(12)21)28-10-27-15/h2-6,8-9,18H,1,7,10H2,(H,23,24,26)/t18-/m1/s1. The number of ether oxygens (including phenoxy) is 2. The molecule has 1 N–H and O–H groups in total. The number of halogens is 1. The summed E-state index contributed by atoms with van der Waals surface area (Å²) in [6, 6.07) is 11.3. The van der Waals surface area contributed by atoms with Crippen LogP contribution in [-0.2, 0) is 4.79 Å². The molecular weight excluding hydrogens is 456 g/mol. The lowest BCUT2D eigenvalue weighted by Gasteiger charge is -2.34. The Labute approximate surface area is 178 Å². The number of hydrogen-bond donors (Lipinski definition) is 1.